The average Bonchev–Trinajstić information content (AvgIpc) is 2.48. The Morgan fingerprint density at radius 1 is 1.29 bits per heavy atom. The van der Waals surface area contributed by atoms with Crippen molar-refractivity contribution in [2.45, 2.75) is 19.5 Å². The Morgan fingerprint density at radius 2 is 1.95 bits per heavy atom. The molecular weight excluding hydrogens is 293 g/mol. The van der Waals surface area contributed by atoms with E-state index >= 15 is 0 Å². The highest BCUT2D eigenvalue weighted by Gasteiger charge is 2.22. The molecule has 0 spiro atoms. The normalized spacial score (nSPS) is 12.0. The molecule has 0 saturated heterocycles. The molecule has 0 aliphatic carbocycles. The van der Waals surface area contributed by atoms with Crippen molar-refractivity contribution in [3.63, 3.8) is 0 Å². The molecule has 0 radical (unpaired) electrons. The number of carboxylic acid groups (broad SMARTS) is 1. The van der Waals surface area contributed by atoms with E-state index < -0.39 is 17.8 Å². The fraction of sp³-hybridized carbons (Fsp3) is 0.188. The van der Waals surface area contributed by atoms with E-state index in [1.54, 1.807) is 11.8 Å². The summed E-state index contributed by atoms with van der Waals surface area (Å²) in [6, 6.07) is 12.9. The fourth-order valence-electron chi connectivity index (χ4n) is 2.03. The highest BCUT2D eigenvalue weighted by molar-refractivity contribution is 6.31. The van der Waals surface area contributed by atoms with Crippen molar-refractivity contribution >= 4 is 23.3 Å². The number of nitrogens with zero attached hydrogens (tertiary/aromatic N) is 1. The van der Waals surface area contributed by atoms with E-state index in [4.69, 9.17) is 11.6 Å². The number of carbonyl (C=O) groups is 1. The molecule has 0 unspecified atom stereocenters. The van der Waals surface area contributed by atoms with Gasteiger partial charge in [-0.2, -0.15) is 0 Å². The Kier molecular flexibility index (Phi) is 4.81. The first kappa shape index (κ1) is 15.3. The highest BCUT2D eigenvalue weighted by Crippen LogP contribution is 2.25. The van der Waals surface area contributed by atoms with Crippen LogP contribution in [0.5, 0.6) is 0 Å². The van der Waals surface area contributed by atoms with Crippen LogP contribution in [0.4, 0.5) is 10.1 Å². The number of hydrogen-bond donors (Lipinski definition) is 1. The number of halogens is 2. The van der Waals surface area contributed by atoms with Crippen LogP contribution in [0.2, 0.25) is 5.02 Å². The first-order chi connectivity index (χ1) is 9.99. The van der Waals surface area contributed by atoms with Gasteiger partial charge in [-0.1, -0.05) is 41.9 Å². The van der Waals surface area contributed by atoms with E-state index in [0.717, 1.165) is 5.56 Å². The minimum atomic E-state index is -0.952. The van der Waals surface area contributed by atoms with Gasteiger partial charge in [0, 0.05) is 12.2 Å². The van der Waals surface area contributed by atoms with Gasteiger partial charge in [-0.15, -0.1) is 0 Å². The molecule has 0 fully saturated rings. The summed E-state index contributed by atoms with van der Waals surface area (Å²) < 4.78 is 13.3. The number of rotatable bonds is 5. The summed E-state index contributed by atoms with van der Waals surface area (Å²) in [6.07, 6.45) is 0. The van der Waals surface area contributed by atoms with Gasteiger partial charge >= 0.3 is 5.97 Å². The third-order valence-corrected chi connectivity index (χ3v) is 3.55. The summed E-state index contributed by atoms with van der Waals surface area (Å²) in [6.45, 7) is 1.98. The van der Waals surface area contributed by atoms with Crippen LogP contribution in [0, 0.1) is 5.82 Å². The van der Waals surface area contributed by atoms with E-state index in [0.29, 0.717) is 12.2 Å². The maximum atomic E-state index is 13.3. The van der Waals surface area contributed by atoms with E-state index in [1.165, 1.54) is 18.2 Å². The first-order valence-electron chi connectivity index (χ1n) is 6.47. The number of anilines is 1. The molecule has 2 aromatic rings. The Bertz CT molecular complexity index is 633. The van der Waals surface area contributed by atoms with Gasteiger partial charge in [0.05, 0.1) is 5.02 Å². The Balaban J connectivity index is 2.35. The molecule has 0 saturated carbocycles. The first-order valence-corrected chi connectivity index (χ1v) is 6.85. The predicted octanol–water partition coefficient (Wildman–Crippen LogP) is 3.96. The molecule has 0 heterocycles. The number of aliphatic carboxylic acids is 1. The van der Waals surface area contributed by atoms with Crippen LogP contribution in [-0.2, 0) is 11.3 Å². The van der Waals surface area contributed by atoms with Gasteiger partial charge in [0.15, 0.2) is 0 Å². The molecule has 2 rings (SSSR count). The van der Waals surface area contributed by atoms with Gasteiger partial charge < -0.3 is 10.0 Å². The van der Waals surface area contributed by atoms with Crippen molar-refractivity contribution in [2.24, 2.45) is 0 Å². The minimum Gasteiger partial charge on any atom is -0.480 e. The lowest BCUT2D eigenvalue weighted by molar-refractivity contribution is -0.138. The number of carboxylic acids is 1. The van der Waals surface area contributed by atoms with Crippen LogP contribution in [0.3, 0.4) is 0 Å². The van der Waals surface area contributed by atoms with Crippen molar-refractivity contribution in [3.05, 3.63) is 64.9 Å². The Hall–Kier alpha value is -2.07. The molecule has 5 heteroatoms. The maximum Gasteiger partial charge on any atom is 0.326 e. The third-order valence-electron chi connectivity index (χ3n) is 3.26. The van der Waals surface area contributed by atoms with Crippen LogP contribution >= 0.6 is 11.6 Å². The molecule has 0 amide bonds. The zero-order valence-corrected chi connectivity index (χ0v) is 12.2. The third kappa shape index (κ3) is 3.73. The number of benzene rings is 2. The van der Waals surface area contributed by atoms with Crippen LogP contribution in [0.1, 0.15) is 12.5 Å². The van der Waals surface area contributed by atoms with Crippen molar-refractivity contribution in [3.8, 4) is 0 Å². The van der Waals surface area contributed by atoms with Gasteiger partial charge in [-0.3, -0.25) is 0 Å². The maximum absolute atomic E-state index is 13.3. The van der Waals surface area contributed by atoms with Gasteiger partial charge in [0.25, 0.3) is 0 Å². The van der Waals surface area contributed by atoms with Gasteiger partial charge in [-0.25, -0.2) is 9.18 Å². The molecule has 2 aromatic carbocycles. The highest BCUT2D eigenvalue weighted by atomic mass is 35.5. The van der Waals surface area contributed by atoms with Gasteiger partial charge in [0.1, 0.15) is 11.9 Å². The second-order valence-electron chi connectivity index (χ2n) is 4.73. The average molecular weight is 308 g/mol. The Morgan fingerprint density at radius 3 is 2.52 bits per heavy atom. The summed E-state index contributed by atoms with van der Waals surface area (Å²) in [5, 5.41) is 9.24. The quantitative estimate of drug-likeness (QED) is 0.909. The largest absolute Gasteiger partial charge is 0.480 e. The molecule has 0 aliphatic rings. The van der Waals surface area contributed by atoms with E-state index in [1.807, 2.05) is 30.3 Å². The summed E-state index contributed by atoms with van der Waals surface area (Å²) >= 11 is 5.80. The van der Waals surface area contributed by atoms with Gasteiger partial charge in [-0.05, 0) is 30.7 Å². The molecular formula is C16H15ClFNO2. The van der Waals surface area contributed by atoms with Crippen molar-refractivity contribution in [1.82, 2.24) is 0 Å². The molecule has 1 atom stereocenters. The second kappa shape index (κ2) is 6.59. The zero-order chi connectivity index (χ0) is 15.4. The predicted molar refractivity (Wildman–Crippen MR) is 81.1 cm³/mol. The van der Waals surface area contributed by atoms with Crippen molar-refractivity contribution in [2.75, 3.05) is 4.90 Å². The lowest BCUT2D eigenvalue weighted by atomic mass is 10.1. The summed E-state index contributed by atoms with van der Waals surface area (Å²) in [5.41, 5.74) is 1.53. The van der Waals surface area contributed by atoms with Crippen LogP contribution < -0.4 is 4.90 Å². The molecule has 3 nitrogen and oxygen atoms in total. The van der Waals surface area contributed by atoms with Gasteiger partial charge in [0.2, 0.25) is 0 Å². The van der Waals surface area contributed by atoms with Crippen LogP contribution in [-0.4, -0.2) is 17.1 Å². The molecule has 21 heavy (non-hydrogen) atoms. The molecule has 110 valence electrons. The SMILES string of the molecule is C[C@@H](C(=O)O)N(Cc1ccccc1)c1ccc(F)c(Cl)c1. The van der Waals surface area contributed by atoms with E-state index in [9.17, 15) is 14.3 Å². The summed E-state index contributed by atoms with van der Waals surface area (Å²) in [7, 11) is 0. The van der Waals surface area contributed by atoms with Crippen molar-refractivity contribution < 1.29 is 14.3 Å². The summed E-state index contributed by atoms with van der Waals surface area (Å²) in [5.74, 6) is -1.48. The van der Waals surface area contributed by atoms with E-state index in [2.05, 4.69) is 0 Å². The topological polar surface area (TPSA) is 40.5 Å². The molecule has 0 aromatic heterocycles. The van der Waals surface area contributed by atoms with Crippen LogP contribution in [0.25, 0.3) is 0 Å². The minimum absolute atomic E-state index is 0.0249. The lowest BCUT2D eigenvalue weighted by Gasteiger charge is -2.29. The van der Waals surface area contributed by atoms with Crippen LogP contribution in [0.15, 0.2) is 48.5 Å². The monoisotopic (exact) mass is 307 g/mol. The Labute approximate surface area is 127 Å². The lowest BCUT2D eigenvalue weighted by Crippen LogP contribution is -2.38. The molecule has 0 bridgehead atoms. The second-order valence-corrected chi connectivity index (χ2v) is 5.13. The zero-order valence-electron chi connectivity index (χ0n) is 11.5. The standard InChI is InChI=1S/C16H15ClFNO2/c1-11(16(20)21)19(10-12-5-3-2-4-6-12)13-7-8-15(18)14(17)9-13/h2-9,11H,10H2,1H3,(H,20,21)/t11-/m0/s1. The number of hydrogen-bond acceptors (Lipinski definition) is 2. The summed E-state index contributed by atoms with van der Waals surface area (Å²) in [4.78, 5) is 13.0. The van der Waals surface area contributed by atoms with E-state index in [-0.39, 0.29) is 5.02 Å². The van der Waals surface area contributed by atoms with Crippen molar-refractivity contribution in [1.29, 1.82) is 0 Å². The molecule has 0 aliphatic heterocycles. The fourth-order valence-corrected chi connectivity index (χ4v) is 2.20. The molecule has 1 N–H and O–H groups in total. The smallest absolute Gasteiger partial charge is 0.326 e.